The maximum atomic E-state index is 12.3. The van der Waals surface area contributed by atoms with E-state index in [2.05, 4.69) is 10.6 Å². The van der Waals surface area contributed by atoms with Crippen LogP contribution < -0.4 is 20.1 Å². The van der Waals surface area contributed by atoms with Crippen molar-refractivity contribution in [3.63, 3.8) is 0 Å². The number of amides is 2. The van der Waals surface area contributed by atoms with Crippen LogP contribution in [-0.2, 0) is 4.79 Å². The number of carbonyl (C=O) groups excluding carboxylic acids is 2. The molecule has 28 heavy (non-hydrogen) atoms. The Morgan fingerprint density at radius 2 is 1.71 bits per heavy atom. The van der Waals surface area contributed by atoms with Gasteiger partial charge in [0.1, 0.15) is 11.5 Å². The molecule has 3 rings (SSSR count). The summed E-state index contributed by atoms with van der Waals surface area (Å²) < 4.78 is 15.8. The first-order valence-electron chi connectivity index (χ1n) is 8.57. The van der Waals surface area contributed by atoms with E-state index in [1.165, 1.54) is 13.4 Å². The molecular weight excluding hydrogens is 360 g/mol. The molecular formula is C21H20N2O5. The molecule has 144 valence electrons. The predicted octanol–water partition coefficient (Wildman–Crippen LogP) is 3.87. The van der Waals surface area contributed by atoms with Crippen molar-refractivity contribution in [3.8, 4) is 11.5 Å². The lowest BCUT2D eigenvalue weighted by atomic mass is 10.2. The fourth-order valence-corrected chi connectivity index (χ4v) is 2.42. The summed E-state index contributed by atoms with van der Waals surface area (Å²) >= 11 is 0. The molecule has 2 N–H and O–H groups in total. The molecule has 0 aliphatic heterocycles. The number of ether oxygens (including phenoxy) is 2. The maximum Gasteiger partial charge on any atom is 0.291 e. The van der Waals surface area contributed by atoms with E-state index < -0.39 is 5.91 Å². The van der Waals surface area contributed by atoms with Crippen LogP contribution >= 0.6 is 0 Å². The average molecular weight is 380 g/mol. The number of nitrogens with one attached hydrogen (secondary N) is 2. The van der Waals surface area contributed by atoms with Crippen LogP contribution in [0, 0.1) is 6.92 Å². The van der Waals surface area contributed by atoms with E-state index in [1.807, 2.05) is 19.1 Å². The predicted molar refractivity (Wildman–Crippen MR) is 105 cm³/mol. The Balaban J connectivity index is 1.69. The molecule has 0 fully saturated rings. The number of aryl methyl sites for hydroxylation is 1. The summed E-state index contributed by atoms with van der Waals surface area (Å²) in [6.07, 6.45) is 1.41. The number of hydrogen-bond acceptors (Lipinski definition) is 5. The second kappa shape index (κ2) is 8.77. The van der Waals surface area contributed by atoms with Gasteiger partial charge < -0.3 is 24.5 Å². The third-order valence-electron chi connectivity index (χ3n) is 3.88. The van der Waals surface area contributed by atoms with Gasteiger partial charge in [0.15, 0.2) is 12.4 Å². The van der Waals surface area contributed by atoms with Crippen LogP contribution in [0.4, 0.5) is 11.4 Å². The molecule has 3 aromatic rings. The molecule has 2 amide bonds. The van der Waals surface area contributed by atoms with Gasteiger partial charge in [0.2, 0.25) is 0 Å². The molecule has 0 aliphatic rings. The zero-order valence-corrected chi connectivity index (χ0v) is 15.5. The summed E-state index contributed by atoms with van der Waals surface area (Å²) in [6, 6.07) is 15.5. The number of methoxy groups -OCH3 is 1. The first kappa shape index (κ1) is 19.0. The van der Waals surface area contributed by atoms with Gasteiger partial charge in [0, 0.05) is 6.07 Å². The van der Waals surface area contributed by atoms with Crippen LogP contribution in [0.3, 0.4) is 0 Å². The molecule has 0 radical (unpaired) electrons. The van der Waals surface area contributed by atoms with E-state index >= 15 is 0 Å². The van der Waals surface area contributed by atoms with Gasteiger partial charge in [0.05, 0.1) is 24.7 Å². The molecule has 0 spiro atoms. The van der Waals surface area contributed by atoms with Crippen LogP contribution in [-0.4, -0.2) is 25.5 Å². The van der Waals surface area contributed by atoms with Crippen molar-refractivity contribution in [1.29, 1.82) is 0 Å². The molecule has 0 atom stereocenters. The van der Waals surface area contributed by atoms with Gasteiger partial charge in [-0.15, -0.1) is 0 Å². The summed E-state index contributed by atoms with van der Waals surface area (Å²) in [5.41, 5.74) is 1.90. The first-order valence-corrected chi connectivity index (χ1v) is 8.57. The first-order chi connectivity index (χ1) is 13.5. The zero-order valence-electron chi connectivity index (χ0n) is 15.5. The van der Waals surface area contributed by atoms with E-state index in [0.29, 0.717) is 22.9 Å². The van der Waals surface area contributed by atoms with Crippen LogP contribution in [0.25, 0.3) is 0 Å². The molecule has 0 aliphatic carbocycles. The van der Waals surface area contributed by atoms with Crippen molar-refractivity contribution < 1.29 is 23.5 Å². The maximum absolute atomic E-state index is 12.3. The highest BCUT2D eigenvalue weighted by Crippen LogP contribution is 2.27. The summed E-state index contributed by atoms with van der Waals surface area (Å²) in [4.78, 5) is 24.5. The Bertz CT molecular complexity index is 949. The topological polar surface area (TPSA) is 89.8 Å². The highest BCUT2D eigenvalue weighted by Gasteiger charge is 2.14. The summed E-state index contributed by atoms with van der Waals surface area (Å²) in [5, 5.41) is 5.43. The van der Waals surface area contributed by atoms with Gasteiger partial charge in [0.25, 0.3) is 11.8 Å². The standard InChI is InChI=1S/C21H20N2O5/c1-14-5-7-15(8-6-14)28-13-20(24)22-18-12-16(26-2)9-10-17(18)23-21(25)19-4-3-11-27-19/h3-12H,13H2,1-2H3,(H,22,24)(H,23,25). The quantitative estimate of drug-likeness (QED) is 0.649. The van der Waals surface area contributed by atoms with Gasteiger partial charge >= 0.3 is 0 Å². The summed E-state index contributed by atoms with van der Waals surface area (Å²) in [7, 11) is 1.52. The molecule has 7 heteroatoms. The lowest BCUT2D eigenvalue weighted by Crippen LogP contribution is -2.21. The van der Waals surface area contributed by atoms with Crippen LogP contribution in [0.2, 0.25) is 0 Å². The monoisotopic (exact) mass is 380 g/mol. The van der Waals surface area contributed by atoms with Crippen molar-refractivity contribution in [3.05, 3.63) is 72.2 Å². The van der Waals surface area contributed by atoms with Gasteiger partial charge in [-0.1, -0.05) is 17.7 Å². The number of rotatable bonds is 7. The smallest absolute Gasteiger partial charge is 0.291 e. The second-order valence-corrected chi connectivity index (χ2v) is 5.99. The second-order valence-electron chi connectivity index (χ2n) is 5.99. The molecule has 0 unspecified atom stereocenters. The average Bonchev–Trinajstić information content (AvgIpc) is 3.24. The minimum atomic E-state index is -0.429. The van der Waals surface area contributed by atoms with Crippen LogP contribution in [0.5, 0.6) is 11.5 Å². The van der Waals surface area contributed by atoms with E-state index in [-0.39, 0.29) is 18.3 Å². The van der Waals surface area contributed by atoms with Crippen molar-refractivity contribution >= 4 is 23.2 Å². The molecule has 0 saturated heterocycles. The van der Waals surface area contributed by atoms with E-state index in [1.54, 1.807) is 42.5 Å². The lowest BCUT2D eigenvalue weighted by molar-refractivity contribution is -0.118. The molecule has 0 bridgehead atoms. The Labute approximate surface area is 162 Å². The fraction of sp³-hybridized carbons (Fsp3) is 0.143. The van der Waals surface area contributed by atoms with Crippen molar-refractivity contribution in [1.82, 2.24) is 0 Å². The van der Waals surface area contributed by atoms with Crippen molar-refractivity contribution in [2.75, 3.05) is 24.4 Å². The third kappa shape index (κ3) is 4.91. The highest BCUT2D eigenvalue weighted by atomic mass is 16.5. The normalized spacial score (nSPS) is 10.2. The minimum absolute atomic E-state index is 0.163. The van der Waals surface area contributed by atoms with E-state index in [4.69, 9.17) is 13.9 Å². The van der Waals surface area contributed by atoms with Gasteiger partial charge in [-0.25, -0.2) is 0 Å². The number of furan rings is 1. The SMILES string of the molecule is COc1ccc(NC(=O)c2ccco2)c(NC(=O)COc2ccc(C)cc2)c1. The molecule has 2 aromatic carbocycles. The van der Waals surface area contributed by atoms with E-state index in [9.17, 15) is 9.59 Å². The highest BCUT2D eigenvalue weighted by molar-refractivity contribution is 6.06. The number of carbonyl (C=O) groups is 2. The van der Waals surface area contributed by atoms with E-state index in [0.717, 1.165) is 5.56 Å². The van der Waals surface area contributed by atoms with Crippen molar-refractivity contribution in [2.45, 2.75) is 6.92 Å². The minimum Gasteiger partial charge on any atom is -0.497 e. The zero-order chi connectivity index (χ0) is 19.9. The Hall–Kier alpha value is -3.74. The number of hydrogen-bond donors (Lipinski definition) is 2. The Kier molecular flexibility index (Phi) is 5.96. The third-order valence-corrected chi connectivity index (χ3v) is 3.88. The lowest BCUT2D eigenvalue weighted by Gasteiger charge is -2.14. The summed E-state index contributed by atoms with van der Waals surface area (Å²) in [5.74, 6) is 0.489. The van der Waals surface area contributed by atoms with Crippen molar-refractivity contribution in [2.24, 2.45) is 0 Å². The molecule has 7 nitrogen and oxygen atoms in total. The molecule has 0 saturated carbocycles. The van der Waals surface area contributed by atoms with Gasteiger partial charge in [-0.05, 0) is 43.3 Å². The molecule has 1 heterocycles. The largest absolute Gasteiger partial charge is 0.497 e. The van der Waals surface area contributed by atoms with Gasteiger partial charge in [-0.2, -0.15) is 0 Å². The number of anilines is 2. The molecule has 1 aromatic heterocycles. The van der Waals surface area contributed by atoms with Gasteiger partial charge in [-0.3, -0.25) is 9.59 Å². The fourth-order valence-electron chi connectivity index (χ4n) is 2.42. The van der Waals surface area contributed by atoms with Crippen LogP contribution in [0.15, 0.2) is 65.3 Å². The summed E-state index contributed by atoms with van der Waals surface area (Å²) in [6.45, 7) is 1.80. The van der Waals surface area contributed by atoms with Crippen LogP contribution in [0.1, 0.15) is 16.1 Å². The Morgan fingerprint density at radius 1 is 0.964 bits per heavy atom. The Morgan fingerprint density at radius 3 is 2.39 bits per heavy atom. The number of benzene rings is 2.